The van der Waals surface area contributed by atoms with E-state index in [-0.39, 0.29) is 6.10 Å². The van der Waals surface area contributed by atoms with Crippen molar-refractivity contribution in [2.24, 2.45) is 0 Å². The molecule has 88 valence electrons. The number of hydrogen-bond acceptors (Lipinski definition) is 4. The van der Waals surface area contributed by atoms with Gasteiger partial charge >= 0.3 is 0 Å². The molecule has 0 spiro atoms. The lowest BCUT2D eigenvalue weighted by Gasteiger charge is -2.23. The molecular formula is C10H12BrClN2O2. The Labute approximate surface area is 107 Å². The van der Waals surface area contributed by atoms with Gasteiger partial charge in [-0.05, 0) is 22.0 Å². The van der Waals surface area contributed by atoms with E-state index in [2.05, 4.69) is 26.2 Å². The molecule has 16 heavy (non-hydrogen) atoms. The highest BCUT2D eigenvalue weighted by molar-refractivity contribution is 9.10. The monoisotopic (exact) mass is 306 g/mol. The first-order valence-corrected chi connectivity index (χ1v) is 6.17. The van der Waals surface area contributed by atoms with Crippen molar-refractivity contribution in [2.75, 3.05) is 31.7 Å². The lowest BCUT2D eigenvalue weighted by Crippen LogP contribution is -2.34. The molecule has 0 bridgehead atoms. The predicted octanol–water partition coefficient (Wildman–Crippen LogP) is 2.32. The van der Waals surface area contributed by atoms with E-state index in [0.717, 1.165) is 4.47 Å². The number of anilines is 1. The Morgan fingerprint density at radius 2 is 2.44 bits per heavy atom. The number of rotatable bonds is 3. The zero-order chi connectivity index (χ0) is 11.4. The molecule has 1 aliphatic rings. The molecule has 1 aromatic heterocycles. The Bertz CT molecular complexity index is 359. The average Bonchev–Trinajstić information content (AvgIpc) is 2.29. The summed E-state index contributed by atoms with van der Waals surface area (Å²) in [5.74, 6) is 0.666. The minimum atomic E-state index is 0.0651. The predicted molar refractivity (Wildman–Crippen MR) is 66.0 cm³/mol. The fourth-order valence-electron chi connectivity index (χ4n) is 1.41. The van der Waals surface area contributed by atoms with Gasteiger partial charge in [0.15, 0.2) is 0 Å². The Balaban J connectivity index is 1.88. The Morgan fingerprint density at radius 1 is 1.56 bits per heavy atom. The van der Waals surface area contributed by atoms with E-state index in [1.54, 1.807) is 12.3 Å². The highest BCUT2D eigenvalue weighted by atomic mass is 79.9. The quantitative estimate of drug-likeness (QED) is 0.931. The van der Waals surface area contributed by atoms with Gasteiger partial charge in [-0.15, -0.1) is 0 Å². The number of nitrogens with one attached hydrogen (secondary N) is 1. The molecule has 1 aromatic rings. The third-order valence-corrected chi connectivity index (χ3v) is 2.91. The lowest BCUT2D eigenvalue weighted by atomic mass is 10.3. The number of aromatic nitrogens is 1. The maximum atomic E-state index is 6.02. The van der Waals surface area contributed by atoms with Crippen LogP contribution in [0.15, 0.2) is 16.7 Å². The van der Waals surface area contributed by atoms with Gasteiger partial charge in [0, 0.05) is 17.2 Å². The second-order valence-electron chi connectivity index (χ2n) is 3.43. The fraction of sp³-hybridized carbons (Fsp3) is 0.500. The molecule has 4 nitrogen and oxygen atoms in total. The van der Waals surface area contributed by atoms with Crippen LogP contribution >= 0.6 is 27.5 Å². The Hall–Kier alpha value is -0.360. The first-order chi connectivity index (χ1) is 7.75. The SMILES string of the molecule is Clc1cc(Br)cnc1NCC1COCCO1. The summed E-state index contributed by atoms with van der Waals surface area (Å²) in [7, 11) is 0. The van der Waals surface area contributed by atoms with Gasteiger partial charge in [-0.3, -0.25) is 0 Å². The lowest BCUT2D eigenvalue weighted by molar-refractivity contribution is -0.0819. The minimum Gasteiger partial charge on any atom is -0.376 e. The highest BCUT2D eigenvalue weighted by Gasteiger charge is 2.14. The van der Waals surface area contributed by atoms with Crippen molar-refractivity contribution in [3.05, 3.63) is 21.8 Å². The van der Waals surface area contributed by atoms with Crippen LogP contribution in [0.2, 0.25) is 5.02 Å². The van der Waals surface area contributed by atoms with Crippen LogP contribution in [0.25, 0.3) is 0 Å². The van der Waals surface area contributed by atoms with Gasteiger partial charge in [0.05, 0.1) is 30.9 Å². The van der Waals surface area contributed by atoms with Crippen LogP contribution in [0.1, 0.15) is 0 Å². The van der Waals surface area contributed by atoms with Crippen LogP contribution < -0.4 is 5.32 Å². The molecule has 1 unspecified atom stereocenters. The molecule has 2 rings (SSSR count). The average molecular weight is 308 g/mol. The smallest absolute Gasteiger partial charge is 0.144 e. The Morgan fingerprint density at radius 3 is 3.12 bits per heavy atom. The summed E-state index contributed by atoms with van der Waals surface area (Å²) in [6, 6.07) is 1.80. The normalized spacial score (nSPS) is 20.8. The van der Waals surface area contributed by atoms with Crippen LogP contribution in [0.4, 0.5) is 5.82 Å². The molecule has 1 fully saturated rings. The molecule has 1 N–H and O–H groups in total. The highest BCUT2D eigenvalue weighted by Crippen LogP contribution is 2.22. The standard InChI is InChI=1S/C10H12BrClN2O2/c11-7-3-9(12)10(13-4-7)14-5-8-6-15-1-2-16-8/h3-4,8H,1-2,5-6H2,(H,13,14). The molecule has 1 atom stereocenters. The second kappa shape index (κ2) is 5.82. The minimum absolute atomic E-state index is 0.0651. The molecule has 0 radical (unpaired) electrons. The van der Waals surface area contributed by atoms with Crippen molar-refractivity contribution in [3.63, 3.8) is 0 Å². The number of ether oxygens (including phenoxy) is 2. The van der Waals surface area contributed by atoms with Crippen molar-refractivity contribution < 1.29 is 9.47 Å². The molecule has 1 saturated heterocycles. The van der Waals surface area contributed by atoms with Gasteiger partial charge in [0.2, 0.25) is 0 Å². The van der Waals surface area contributed by atoms with Crippen LogP contribution in [-0.4, -0.2) is 37.5 Å². The molecule has 1 aliphatic heterocycles. The van der Waals surface area contributed by atoms with Crippen molar-refractivity contribution in [3.8, 4) is 0 Å². The van der Waals surface area contributed by atoms with Crippen LogP contribution in [-0.2, 0) is 9.47 Å². The fourth-order valence-corrected chi connectivity index (χ4v) is 2.11. The topological polar surface area (TPSA) is 43.4 Å². The van der Waals surface area contributed by atoms with Crippen molar-refractivity contribution in [2.45, 2.75) is 6.10 Å². The summed E-state index contributed by atoms with van der Waals surface area (Å²) in [6.07, 6.45) is 1.77. The molecule has 0 aliphatic carbocycles. The maximum Gasteiger partial charge on any atom is 0.144 e. The third-order valence-electron chi connectivity index (χ3n) is 2.19. The molecule has 0 saturated carbocycles. The van der Waals surface area contributed by atoms with Gasteiger partial charge < -0.3 is 14.8 Å². The van der Waals surface area contributed by atoms with Gasteiger partial charge in [0.1, 0.15) is 5.82 Å². The van der Waals surface area contributed by atoms with E-state index in [0.29, 0.717) is 37.2 Å². The van der Waals surface area contributed by atoms with Crippen molar-refractivity contribution in [1.29, 1.82) is 0 Å². The Kier molecular flexibility index (Phi) is 4.40. The molecule has 6 heteroatoms. The summed E-state index contributed by atoms with van der Waals surface area (Å²) in [5.41, 5.74) is 0. The van der Waals surface area contributed by atoms with Crippen LogP contribution in [0.5, 0.6) is 0 Å². The van der Waals surface area contributed by atoms with E-state index in [9.17, 15) is 0 Å². The van der Waals surface area contributed by atoms with Gasteiger partial charge in [-0.2, -0.15) is 0 Å². The van der Waals surface area contributed by atoms with E-state index < -0.39 is 0 Å². The van der Waals surface area contributed by atoms with Crippen LogP contribution in [0.3, 0.4) is 0 Å². The summed E-state index contributed by atoms with van der Waals surface area (Å²) in [5, 5.41) is 3.73. The number of nitrogens with zero attached hydrogens (tertiary/aromatic N) is 1. The summed E-state index contributed by atoms with van der Waals surface area (Å²) in [4.78, 5) is 4.18. The van der Waals surface area contributed by atoms with E-state index >= 15 is 0 Å². The molecule has 0 amide bonds. The zero-order valence-electron chi connectivity index (χ0n) is 8.58. The zero-order valence-corrected chi connectivity index (χ0v) is 10.9. The van der Waals surface area contributed by atoms with Crippen LogP contribution in [0, 0.1) is 0 Å². The first-order valence-electron chi connectivity index (χ1n) is 5.00. The maximum absolute atomic E-state index is 6.02. The molecule has 2 heterocycles. The number of pyridine rings is 1. The first kappa shape index (κ1) is 12.1. The largest absolute Gasteiger partial charge is 0.376 e. The van der Waals surface area contributed by atoms with Gasteiger partial charge in [-0.25, -0.2) is 4.98 Å². The van der Waals surface area contributed by atoms with Crippen molar-refractivity contribution in [1.82, 2.24) is 4.98 Å². The second-order valence-corrected chi connectivity index (χ2v) is 4.76. The van der Waals surface area contributed by atoms with E-state index in [1.165, 1.54) is 0 Å². The number of hydrogen-bond donors (Lipinski definition) is 1. The van der Waals surface area contributed by atoms with E-state index in [4.69, 9.17) is 21.1 Å². The summed E-state index contributed by atoms with van der Waals surface area (Å²) in [6.45, 7) is 2.58. The van der Waals surface area contributed by atoms with E-state index in [1.807, 2.05) is 0 Å². The van der Waals surface area contributed by atoms with Gasteiger partial charge in [0.25, 0.3) is 0 Å². The summed E-state index contributed by atoms with van der Waals surface area (Å²) >= 11 is 9.32. The molecule has 0 aromatic carbocycles. The number of halogens is 2. The third kappa shape index (κ3) is 3.31. The van der Waals surface area contributed by atoms with Gasteiger partial charge in [-0.1, -0.05) is 11.6 Å². The summed E-state index contributed by atoms with van der Waals surface area (Å²) < 4.78 is 11.7. The van der Waals surface area contributed by atoms with Crippen molar-refractivity contribution >= 4 is 33.3 Å². The molecular weight excluding hydrogens is 295 g/mol.